The monoisotopic (exact) mass is 330 g/mol. The van der Waals surface area contributed by atoms with Crippen molar-refractivity contribution in [1.29, 1.82) is 0 Å². The minimum Gasteiger partial charge on any atom is -0.481 e. The minimum absolute atomic E-state index is 0.0111. The first-order chi connectivity index (χ1) is 11.5. The number of hydrogen-bond donors (Lipinski definition) is 3. The van der Waals surface area contributed by atoms with Gasteiger partial charge in [0, 0.05) is 17.8 Å². The van der Waals surface area contributed by atoms with Gasteiger partial charge in [0.15, 0.2) is 0 Å². The van der Waals surface area contributed by atoms with E-state index in [4.69, 9.17) is 0 Å². The fourth-order valence-electron chi connectivity index (χ4n) is 3.63. The zero-order valence-electron chi connectivity index (χ0n) is 13.5. The van der Waals surface area contributed by atoms with E-state index in [2.05, 4.69) is 10.6 Å². The zero-order valence-corrected chi connectivity index (χ0v) is 13.5. The molecule has 0 bridgehead atoms. The van der Waals surface area contributed by atoms with Crippen molar-refractivity contribution in [2.24, 2.45) is 11.8 Å². The molecule has 2 amide bonds. The minimum atomic E-state index is -0.889. The van der Waals surface area contributed by atoms with Crippen molar-refractivity contribution in [2.75, 3.05) is 10.6 Å². The van der Waals surface area contributed by atoms with Crippen LogP contribution in [0.15, 0.2) is 18.2 Å². The Labute approximate surface area is 140 Å². The molecule has 2 aliphatic rings. The molecule has 1 heterocycles. The van der Waals surface area contributed by atoms with Gasteiger partial charge >= 0.3 is 5.97 Å². The molecule has 1 aromatic rings. The van der Waals surface area contributed by atoms with E-state index in [9.17, 15) is 19.5 Å². The second-order valence-corrected chi connectivity index (χ2v) is 6.60. The molecule has 0 aromatic heterocycles. The summed E-state index contributed by atoms with van der Waals surface area (Å²) in [7, 11) is 0. The van der Waals surface area contributed by atoms with Gasteiger partial charge in [-0.2, -0.15) is 0 Å². The molecular weight excluding hydrogens is 308 g/mol. The van der Waals surface area contributed by atoms with Crippen molar-refractivity contribution in [3.8, 4) is 0 Å². The molecule has 1 saturated carbocycles. The van der Waals surface area contributed by atoms with Crippen LogP contribution in [0.25, 0.3) is 0 Å². The highest BCUT2D eigenvalue weighted by Gasteiger charge is 2.35. The molecule has 0 saturated heterocycles. The van der Waals surface area contributed by atoms with Gasteiger partial charge in [0.1, 0.15) is 0 Å². The van der Waals surface area contributed by atoms with Gasteiger partial charge in [-0.05, 0) is 49.4 Å². The highest BCUT2D eigenvalue weighted by atomic mass is 16.4. The average molecular weight is 330 g/mol. The summed E-state index contributed by atoms with van der Waals surface area (Å²) in [5, 5.41) is 15.0. The molecule has 6 nitrogen and oxygen atoms in total. The normalized spacial score (nSPS) is 23.6. The number of amides is 2. The summed E-state index contributed by atoms with van der Waals surface area (Å²) < 4.78 is 0. The van der Waals surface area contributed by atoms with Crippen LogP contribution in [0, 0.1) is 11.8 Å². The molecule has 0 unspecified atom stereocenters. The third kappa shape index (κ3) is 3.58. The fraction of sp³-hybridized carbons (Fsp3) is 0.500. The summed E-state index contributed by atoms with van der Waals surface area (Å²) >= 11 is 0. The SMILES string of the molecule is O=C1CCCc2cc(NC(=O)[C@H]3CCCC[C@@H]3C(=O)O)ccc2N1. The van der Waals surface area contributed by atoms with E-state index < -0.39 is 17.8 Å². The molecule has 2 atom stereocenters. The number of hydrogen-bond acceptors (Lipinski definition) is 3. The van der Waals surface area contributed by atoms with Crippen LogP contribution in [0.3, 0.4) is 0 Å². The van der Waals surface area contributed by atoms with Gasteiger partial charge in [-0.25, -0.2) is 0 Å². The molecule has 24 heavy (non-hydrogen) atoms. The summed E-state index contributed by atoms with van der Waals surface area (Å²) in [6.07, 6.45) is 4.97. The van der Waals surface area contributed by atoms with Crippen LogP contribution in [0.2, 0.25) is 0 Å². The summed E-state index contributed by atoms with van der Waals surface area (Å²) in [5.74, 6) is -2.18. The average Bonchev–Trinajstić information content (AvgIpc) is 2.75. The number of carboxylic acids is 1. The van der Waals surface area contributed by atoms with E-state index in [-0.39, 0.29) is 11.8 Å². The number of anilines is 2. The maximum absolute atomic E-state index is 12.5. The molecule has 3 N–H and O–H groups in total. The van der Waals surface area contributed by atoms with Crippen LogP contribution in [-0.4, -0.2) is 22.9 Å². The van der Waals surface area contributed by atoms with Gasteiger partial charge in [0.2, 0.25) is 11.8 Å². The second-order valence-electron chi connectivity index (χ2n) is 6.60. The van der Waals surface area contributed by atoms with E-state index >= 15 is 0 Å². The first kappa shape index (κ1) is 16.5. The second kappa shape index (κ2) is 7.03. The Hall–Kier alpha value is -2.37. The maximum atomic E-state index is 12.5. The number of aliphatic carboxylic acids is 1. The van der Waals surface area contributed by atoms with Crippen molar-refractivity contribution >= 4 is 29.2 Å². The summed E-state index contributed by atoms with van der Waals surface area (Å²) in [6, 6.07) is 5.42. The third-order valence-electron chi connectivity index (χ3n) is 4.92. The standard InChI is InChI=1S/C18H22N2O4/c21-16-7-3-4-11-10-12(8-9-15(11)20-16)19-17(22)13-5-1-2-6-14(13)18(23)24/h8-10,13-14H,1-7H2,(H,19,22)(H,20,21)(H,23,24)/t13-,14-/m0/s1. The van der Waals surface area contributed by atoms with Crippen LogP contribution in [0.5, 0.6) is 0 Å². The van der Waals surface area contributed by atoms with Crippen molar-refractivity contribution in [3.05, 3.63) is 23.8 Å². The van der Waals surface area contributed by atoms with Crippen molar-refractivity contribution in [3.63, 3.8) is 0 Å². The zero-order chi connectivity index (χ0) is 17.1. The first-order valence-electron chi connectivity index (χ1n) is 8.51. The molecular formula is C18H22N2O4. The van der Waals surface area contributed by atoms with Gasteiger partial charge in [-0.1, -0.05) is 12.8 Å². The Kier molecular flexibility index (Phi) is 4.83. The Morgan fingerprint density at radius 2 is 1.83 bits per heavy atom. The van der Waals surface area contributed by atoms with E-state index in [0.29, 0.717) is 24.9 Å². The van der Waals surface area contributed by atoms with Crippen molar-refractivity contribution in [2.45, 2.75) is 44.9 Å². The number of fused-ring (bicyclic) bond motifs is 1. The van der Waals surface area contributed by atoms with Crippen LogP contribution in [-0.2, 0) is 20.8 Å². The summed E-state index contributed by atoms with van der Waals surface area (Å²) in [6.45, 7) is 0. The molecule has 0 radical (unpaired) electrons. The molecule has 6 heteroatoms. The predicted molar refractivity (Wildman–Crippen MR) is 89.7 cm³/mol. The lowest BCUT2D eigenvalue weighted by molar-refractivity contribution is -0.147. The Morgan fingerprint density at radius 1 is 1.08 bits per heavy atom. The largest absolute Gasteiger partial charge is 0.481 e. The van der Waals surface area contributed by atoms with E-state index in [1.165, 1.54) is 0 Å². The lowest BCUT2D eigenvalue weighted by atomic mass is 9.78. The molecule has 1 aliphatic heterocycles. The molecule has 1 aliphatic carbocycles. The topological polar surface area (TPSA) is 95.5 Å². The Bertz CT molecular complexity index is 671. The number of aryl methyl sites for hydroxylation is 1. The number of rotatable bonds is 3. The predicted octanol–water partition coefficient (Wildman–Crippen LogP) is 2.79. The lowest BCUT2D eigenvalue weighted by Gasteiger charge is -2.27. The van der Waals surface area contributed by atoms with Crippen molar-refractivity contribution in [1.82, 2.24) is 0 Å². The quantitative estimate of drug-likeness (QED) is 0.794. The highest BCUT2D eigenvalue weighted by molar-refractivity contribution is 5.96. The lowest BCUT2D eigenvalue weighted by Crippen LogP contribution is -2.36. The van der Waals surface area contributed by atoms with Gasteiger partial charge < -0.3 is 15.7 Å². The van der Waals surface area contributed by atoms with Crippen LogP contribution in [0.1, 0.15) is 44.1 Å². The van der Waals surface area contributed by atoms with Gasteiger partial charge in [0.05, 0.1) is 11.8 Å². The van der Waals surface area contributed by atoms with Gasteiger partial charge in [-0.3, -0.25) is 14.4 Å². The molecule has 128 valence electrons. The number of carboxylic acid groups (broad SMARTS) is 1. The number of carbonyl (C=O) groups excluding carboxylic acids is 2. The van der Waals surface area contributed by atoms with Gasteiger partial charge in [-0.15, -0.1) is 0 Å². The Morgan fingerprint density at radius 3 is 2.58 bits per heavy atom. The smallest absolute Gasteiger partial charge is 0.307 e. The molecule has 0 spiro atoms. The van der Waals surface area contributed by atoms with E-state index in [0.717, 1.165) is 36.9 Å². The maximum Gasteiger partial charge on any atom is 0.307 e. The summed E-state index contributed by atoms with van der Waals surface area (Å²) in [5.41, 5.74) is 2.44. The fourth-order valence-corrected chi connectivity index (χ4v) is 3.63. The van der Waals surface area contributed by atoms with Crippen molar-refractivity contribution < 1.29 is 19.5 Å². The van der Waals surface area contributed by atoms with E-state index in [1.807, 2.05) is 6.07 Å². The Balaban J connectivity index is 1.73. The summed E-state index contributed by atoms with van der Waals surface area (Å²) in [4.78, 5) is 35.5. The first-order valence-corrected chi connectivity index (χ1v) is 8.51. The van der Waals surface area contributed by atoms with E-state index in [1.54, 1.807) is 12.1 Å². The van der Waals surface area contributed by atoms with Crippen LogP contribution in [0.4, 0.5) is 11.4 Å². The molecule has 1 aromatic carbocycles. The molecule has 3 rings (SSSR count). The highest BCUT2D eigenvalue weighted by Crippen LogP contribution is 2.32. The van der Waals surface area contributed by atoms with Crippen LogP contribution >= 0.6 is 0 Å². The number of nitrogens with one attached hydrogen (secondary N) is 2. The number of carbonyl (C=O) groups is 3. The third-order valence-corrected chi connectivity index (χ3v) is 4.92. The number of benzene rings is 1. The van der Waals surface area contributed by atoms with Crippen LogP contribution < -0.4 is 10.6 Å². The molecule has 1 fully saturated rings. The van der Waals surface area contributed by atoms with Gasteiger partial charge in [0.25, 0.3) is 0 Å².